The maximum absolute atomic E-state index is 12.0. The molecule has 2 rings (SSSR count). The fraction of sp³-hybridized carbons (Fsp3) is 0.333. The van der Waals surface area contributed by atoms with Gasteiger partial charge in [0, 0.05) is 32.1 Å². The minimum absolute atomic E-state index is 0.0783. The van der Waals surface area contributed by atoms with Crippen LogP contribution in [0.3, 0.4) is 0 Å². The van der Waals surface area contributed by atoms with Crippen LogP contribution in [0.1, 0.15) is 12.5 Å². The van der Waals surface area contributed by atoms with Gasteiger partial charge in [0.2, 0.25) is 5.91 Å². The van der Waals surface area contributed by atoms with E-state index in [2.05, 4.69) is 5.32 Å². The molecular formula is C21H26N2O5. The van der Waals surface area contributed by atoms with E-state index < -0.39 is 0 Å². The number of nitrogens with zero attached hydrogens (tertiary/aromatic N) is 1. The highest BCUT2D eigenvalue weighted by atomic mass is 16.5. The Morgan fingerprint density at radius 2 is 1.54 bits per heavy atom. The van der Waals surface area contributed by atoms with Gasteiger partial charge in [-0.05, 0) is 18.2 Å². The van der Waals surface area contributed by atoms with Crippen LogP contribution in [0.5, 0.6) is 17.2 Å². The van der Waals surface area contributed by atoms with Crippen molar-refractivity contribution in [1.29, 1.82) is 0 Å². The van der Waals surface area contributed by atoms with E-state index >= 15 is 0 Å². The van der Waals surface area contributed by atoms with Gasteiger partial charge in [-0.2, -0.15) is 0 Å². The molecule has 0 fully saturated rings. The summed E-state index contributed by atoms with van der Waals surface area (Å²) in [5.41, 5.74) is 0.908. The van der Waals surface area contributed by atoms with Crippen LogP contribution < -0.4 is 19.5 Å². The molecule has 0 unspecified atom stereocenters. The molecule has 2 aromatic rings. The van der Waals surface area contributed by atoms with E-state index in [1.54, 1.807) is 37.3 Å². The van der Waals surface area contributed by atoms with Crippen molar-refractivity contribution in [3.05, 3.63) is 54.1 Å². The van der Waals surface area contributed by atoms with Crippen molar-refractivity contribution in [3.8, 4) is 17.2 Å². The van der Waals surface area contributed by atoms with Crippen LogP contribution in [0.25, 0.3) is 0 Å². The molecule has 7 heteroatoms. The molecule has 0 saturated heterocycles. The quantitative estimate of drug-likeness (QED) is 0.678. The fourth-order valence-corrected chi connectivity index (χ4v) is 2.65. The van der Waals surface area contributed by atoms with Crippen molar-refractivity contribution in [2.45, 2.75) is 13.5 Å². The zero-order valence-electron chi connectivity index (χ0n) is 16.4. The maximum Gasteiger partial charge on any atom is 0.258 e. The van der Waals surface area contributed by atoms with Crippen LogP contribution in [0.15, 0.2) is 48.5 Å². The van der Waals surface area contributed by atoms with Crippen LogP contribution in [0, 0.1) is 0 Å². The Kier molecular flexibility index (Phi) is 8.14. The molecular weight excluding hydrogens is 360 g/mol. The largest absolute Gasteiger partial charge is 0.496 e. The normalized spacial score (nSPS) is 10.1. The van der Waals surface area contributed by atoms with Gasteiger partial charge in [-0.15, -0.1) is 0 Å². The zero-order valence-corrected chi connectivity index (χ0v) is 16.4. The zero-order chi connectivity index (χ0) is 20.4. The standard InChI is InChI=1S/C21H26N2O5/c1-16(24)23(14-17-8-4-5-9-18(17)26-2)13-12-22-21(25)15-28-20-11-7-6-10-19(20)27-3/h4-11H,12-15H2,1-3H3,(H,22,25). The van der Waals surface area contributed by atoms with Crippen LogP contribution in [-0.4, -0.2) is 50.6 Å². The predicted octanol–water partition coefficient (Wildman–Crippen LogP) is 2.25. The summed E-state index contributed by atoms with van der Waals surface area (Å²) in [6, 6.07) is 14.7. The van der Waals surface area contributed by atoms with Crippen molar-refractivity contribution in [2.75, 3.05) is 33.9 Å². The van der Waals surface area contributed by atoms with Gasteiger partial charge in [0.15, 0.2) is 18.1 Å². The summed E-state index contributed by atoms with van der Waals surface area (Å²) in [6.45, 7) is 2.48. The van der Waals surface area contributed by atoms with Gasteiger partial charge < -0.3 is 24.4 Å². The van der Waals surface area contributed by atoms with Crippen molar-refractivity contribution >= 4 is 11.8 Å². The summed E-state index contributed by atoms with van der Waals surface area (Å²) in [4.78, 5) is 25.6. The summed E-state index contributed by atoms with van der Waals surface area (Å²) in [7, 11) is 3.14. The number of benzene rings is 2. The average Bonchev–Trinajstić information content (AvgIpc) is 2.71. The van der Waals surface area contributed by atoms with Crippen molar-refractivity contribution in [1.82, 2.24) is 10.2 Å². The third-order valence-electron chi connectivity index (χ3n) is 4.13. The molecule has 150 valence electrons. The third-order valence-corrected chi connectivity index (χ3v) is 4.13. The number of amides is 2. The first-order chi connectivity index (χ1) is 13.5. The first-order valence-electron chi connectivity index (χ1n) is 8.95. The molecule has 0 saturated carbocycles. The van der Waals surface area contributed by atoms with Crippen LogP contribution in [0.4, 0.5) is 0 Å². The van der Waals surface area contributed by atoms with Crippen LogP contribution >= 0.6 is 0 Å². The minimum Gasteiger partial charge on any atom is -0.496 e. The topological polar surface area (TPSA) is 77.1 Å². The first-order valence-corrected chi connectivity index (χ1v) is 8.95. The Balaban J connectivity index is 1.82. The number of ether oxygens (including phenoxy) is 3. The fourth-order valence-electron chi connectivity index (χ4n) is 2.65. The molecule has 0 heterocycles. The van der Waals surface area contributed by atoms with E-state index in [1.807, 2.05) is 30.3 Å². The highest BCUT2D eigenvalue weighted by molar-refractivity contribution is 5.77. The minimum atomic E-state index is -0.272. The van der Waals surface area contributed by atoms with Crippen molar-refractivity contribution in [3.63, 3.8) is 0 Å². The molecule has 28 heavy (non-hydrogen) atoms. The van der Waals surface area contributed by atoms with E-state index in [-0.39, 0.29) is 18.4 Å². The SMILES string of the molecule is COc1ccccc1CN(CCNC(=O)COc1ccccc1OC)C(C)=O. The lowest BCUT2D eigenvalue weighted by atomic mass is 10.2. The van der Waals surface area contributed by atoms with Gasteiger partial charge in [0.1, 0.15) is 5.75 Å². The lowest BCUT2D eigenvalue weighted by molar-refractivity contribution is -0.130. The smallest absolute Gasteiger partial charge is 0.258 e. The Morgan fingerprint density at radius 3 is 2.18 bits per heavy atom. The summed E-state index contributed by atoms with van der Waals surface area (Å²) in [5.74, 6) is 1.44. The number of nitrogens with one attached hydrogen (secondary N) is 1. The molecule has 0 aliphatic heterocycles. The molecule has 1 N–H and O–H groups in total. The molecule has 0 aromatic heterocycles. The molecule has 2 aromatic carbocycles. The predicted molar refractivity (Wildman–Crippen MR) is 106 cm³/mol. The van der Waals surface area contributed by atoms with Gasteiger partial charge in [0.25, 0.3) is 5.91 Å². The number of para-hydroxylation sites is 3. The lowest BCUT2D eigenvalue weighted by Crippen LogP contribution is -2.38. The lowest BCUT2D eigenvalue weighted by Gasteiger charge is -2.22. The van der Waals surface area contributed by atoms with E-state index in [4.69, 9.17) is 14.2 Å². The monoisotopic (exact) mass is 386 g/mol. The second-order valence-electron chi connectivity index (χ2n) is 6.04. The van der Waals surface area contributed by atoms with E-state index in [1.165, 1.54) is 6.92 Å². The summed E-state index contributed by atoms with van der Waals surface area (Å²) < 4.78 is 16.0. The molecule has 2 amide bonds. The van der Waals surface area contributed by atoms with Crippen molar-refractivity contribution in [2.24, 2.45) is 0 Å². The molecule has 0 aliphatic rings. The number of rotatable bonds is 10. The van der Waals surface area contributed by atoms with Gasteiger partial charge in [0.05, 0.1) is 14.2 Å². The number of methoxy groups -OCH3 is 2. The van der Waals surface area contributed by atoms with Gasteiger partial charge >= 0.3 is 0 Å². The van der Waals surface area contributed by atoms with Crippen LogP contribution in [0.2, 0.25) is 0 Å². The van der Waals surface area contributed by atoms with E-state index in [0.29, 0.717) is 31.1 Å². The van der Waals surface area contributed by atoms with Crippen LogP contribution in [-0.2, 0) is 16.1 Å². The Hall–Kier alpha value is -3.22. The number of carbonyl (C=O) groups is 2. The Bertz CT molecular complexity index is 794. The molecule has 0 radical (unpaired) electrons. The summed E-state index contributed by atoms with van der Waals surface area (Å²) in [5, 5.41) is 2.76. The average molecular weight is 386 g/mol. The highest BCUT2D eigenvalue weighted by Gasteiger charge is 2.13. The van der Waals surface area contributed by atoms with Gasteiger partial charge in [-0.3, -0.25) is 9.59 Å². The highest BCUT2D eigenvalue weighted by Crippen LogP contribution is 2.25. The number of hydrogen-bond acceptors (Lipinski definition) is 5. The summed E-state index contributed by atoms with van der Waals surface area (Å²) >= 11 is 0. The molecule has 7 nitrogen and oxygen atoms in total. The van der Waals surface area contributed by atoms with Crippen molar-refractivity contribution < 1.29 is 23.8 Å². The maximum atomic E-state index is 12.0. The Morgan fingerprint density at radius 1 is 0.929 bits per heavy atom. The second kappa shape index (κ2) is 10.8. The van der Waals surface area contributed by atoms with Gasteiger partial charge in [-0.1, -0.05) is 30.3 Å². The molecule has 0 spiro atoms. The molecule has 0 bridgehead atoms. The molecule has 0 aliphatic carbocycles. The van der Waals surface area contributed by atoms with E-state index in [0.717, 1.165) is 11.3 Å². The first kappa shape index (κ1) is 21.1. The van der Waals surface area contributed by atoms with E-state index in [9.17, 15) is 9.59 Å². The Labute approximate surface area is 165 Å². The van der Waals surface area contributed by atoms with Gasteiger partial charge in [-0.25, -0.2) is 0 Å². The second-order valence-corrected chi connectivity index (χ2v) is 6.04. The third kappa shape index (κ3) is 6.19. The number of carbonyl (C=O) groups excluding carboxylic acids is 2. The summed E-state index contributed by atoms with van der Waals surface area (Å²) in [6.07, 6.45) is 0. The number of hydrogen-bond donors (Lipinski definition) is 1. The molecule has 0 atom stereocenters.